The molecular formula is C20H20N4O4S. The Bertz CT molecular complexity index is 1370. The minimum atomic E-state index is -1.18. The van der Waals surface area contributed by atoms with Crippen LogP contribution in [0.25, 0.3) is 21.3 Å². The van der Waals surface area contributed by atoms with E-state index in [-0.39, 0.29) is 23.4 Å². The Morgan fingerprint density at radius 1 is 1.28 bits per heavy atom. The Hall–Kier alpha value is -3.20. The van der Waals surface area contributed by atoms with Crippen LogP contribution in [0.5, 0.6) is 0 Å². The van der Waals surface area contributed by atoms with Crippen molar-refractivity contribution in [2.45, 2.75) is 26.9 Å². The van der Waals surface area contributed by atoms with Crippen LogP contribution in [0.1, 0.15) is 29.1 Å². The highest BCUT2D eigenvalue weighted by atomic mass is 32.1. The molecule has 0 bridgehead atoms. The molecule has 0 aliphatic rings. The Labute approximate surface area is 169 Å². The molecule has 29 heavy (non-hydrogen) atoms. The first-order chi connectivity index (χ1) is 13.8. The fourth-order valence-corrected chi connectivity index (χ4v) is 4.83. The highest BCUT2D eigenvalue weighted by molar-refractivity contribution is 7.19. The first-order valence-corrected chi connectivity index (χ1v) is 9.99. The summed E-state index contributed by atoms with van der Waals surface area (Å²) in [5.74, 6) is -1.02. The maximum Gasteiger partial charge on any atom is 0.337 e. The largest absolute Gasteiger partial charge is 0.478 e. The van der Waals surface area contributed by atoms with Crippen molar-refractivity contribution in [3.8, 4) is 0 Å². The van der Waals surface area contributed by atoms with Crippen molar-refractivity contribution >= 4 is 38.6 Å². The van der Waals surface area contributed by atoms with Gasteiger partial charge in [-0.25, -0.2) is 14.6 Å². The third-order valence-electron chi connectivity index (χ3n) is 4.84. The summed E-state index contributed by atoms with van der Waals surface area (Å²) >= 11 is 1.18. The standard InChI is InChI=1S/C20H20N4O4S/c1-11(2)9-24-18-15(17(25)22(3)20(24)28)14(19(26)27)13(29-18)10-23-8-6-12-5-4-7-21-16(12)23/h4-8,11H,9-10H2,1-3H3,(H,26,27). The molecule has 4 aromatic rings. The zero-order chi connectivity index (χ0) is 20.9. The molecule has 0 radical (unpaired) electrons. The third-order valence-corrected chi connectivity index (χ3v) is 6.04. The summed E-state index contributed by atoms with van der Waals surface area (Å²) in [7, 11) is 1.38. The monoisotopic (exact) mass is 412 g/mol. The third kappa shape index (κ3) is 3.07. The number of hydrogen-bond donors (Lipinski definition) is 1. The summed E-state index contributed by atoms with van der Waals surface area (Å²) in [5.41, 5.74) is -0.330. The number of aromatic carboxylic acids is 1. The second kappa shape index (κ2) is 7.00. The number of fused-ring (bicyclic) bond motifs is 2. The molecule has 4 rings (SSSR count). The van der Waals surface area contributed by atoms with Gasteiger partial charge in [0.15, 0.2) is 0 Å². The van der Waals surface area contributed by atoms with E-state index in [1.54, 1.807) is 6.20 Å². The molecule has 8 nitrogen and oxygen atoms in total. The lowest BCUT2D eigenvalue weighted by Crippen LogP contribution is -2.38. The fourth-order valence-electron chi connectivity index (χ4n) is 3.54. The van der Waals surface area contributed by atoms with Gasteiger partial charge in [0, 0.05) is 36.2 Å². The van der Waals surface area contributed by atoms with E-state index in [1.165, 1.54) is 23.0 Å². The van der Waals surface area contributed by atoms with Gasteiger partial charge in [-0.1, -0.05) is 13.8 Å². The van der Waals surface area contributed by atoms with Crippen molar-refractivity contribution < 1.29 is 9.90 Å². The topological polar surface area (TPSA) is 99.1 Å². The molecule has 4 aromatic heterocycles. The van der Waals surface area contributed by atoms with Crippen molar-refractivity contribution in [3.05, 3.63) is 61.9 Å². The Morgan fingerprint density at radius 2 is 2.03 bits per heavy atom. The van der Waals surface area contributed by atoms with E-state index in [2.05, 4.69) is 4.98 Å². The number of aromatic nitrogens is 4. The molecule has 4 heterocycles. The van der Waals surface area contributed by atoms with E-state index >= 15 is 0 Å². The quantitative estimate of drug-likeness (QED) is 0.543. The van der Waals surface area contributed by atoms with Crippen molar-refractivity contribution in [2.24, 2.45) is 13.0 Å². The number of carboxylic acid groups (broad SMARTS) is 1. The number of hydrogen-bond acceptors (Lipinski definition) is 5. The number of carbonyl (C=O) groups is 1. The van der Waals surface area contributed by atoms with Crippen LogP contribution in [0.15, 0.2) is 40.2 Å². The van der Waals surface area contributed by atoms with Crippen LogP contribution in [0.4, 0.5) is 0 Å². The van der Waals surface area contributed by atoms with Gasteiger partial charge >= 0.3 is 11.7 Å². The van der Waals surface area contributed by atoms with Gasteiger partial charge in [0.2, 0.25) is 0 Å². The van der Waals surface area contributed by atoms with Crippen molar-refractivity contribution in [1.29, 1.82) is 0 Å². The van der Waals surface area contributed by atoms with Crippen LogP contribution in [-0.4, -0.2) is 29.8 Å². The molecule has 0 aliphatic heterocycles. The summed E-state index contributed by atoms with van der Waals surface area (Å²) in [5, 5.41) is 10.9. The first-order valence-electron chi connectivity index (χ1n) is 9.18. The van der Waals surface area contributed by atoms with Crippen LogP contribution in [0, 0.1) is 5.92 Å². The number of nitrogens with zero attached hydrogens (tertiary/aromatic N) is 4. The predicted octanol–water partition coefficient (Wildman–Crippen LogP) is 2.51. The van der Waals surface area contributed by atoms with Crippen molar-refractivity contribution in [1.82, 2.24) is 18.7 Å². The average Bonchev–Trinajstić information content (AvgIpc) is 3.25. The number of carboxylic acids is 1. The lowest BCUT2D eigenvalue weighted by molar-refractivity contribution is 0.0698. The molecular weight excluding hydrogens is 392 g/mol. The average molecular weight is 412 g/mol. The summed E-state index contributed by atoms with van der Waals surface area (Å²) in [4.78, 5) is 42.9. The minimum absolute atomic E-state index is 0.0408. The van der Waals surface area contributed by atoms with Crippen molar-refractivity contribution in [2.75, 3.05) is 0 Å². The maximum absolute atomic E-state index is 12.8. The Balaban J connectivity index is 2.01. The van der Waals surface area contributed by atoms with Crippen LogP contribution < -0.4 is 11.2 Å². The van der Waals surface area contributed by atoms with E-state index in [4.69, 9.17) is 0 Å². The van der Waals surface area contributed by atoms with Crippen LogP contribution in [0.2, 0.25) is 0 Å². The molecule has 150 valence electrons. The van der Waals surface area contributed by atoms with Crippen LogP contribution in [0.3, 0.4) is 0 Å². The molecule has 0 spiro atoms. The van der Waals surface area contributed by atoms with Gasteiger partial charge in [-0.2, -0.15) is 0 Å². The summed E-state index contributed by atoms with van der Waals surface area (Å²) in [6.45, 7) is 4.58. The molecule has 0 aliphatic carbocycles. The Morgan fingerprint density at radius 3 is 2.72 bits per heavy atom. The van der Waals surface area contributed by atoms with E-state index in [0.717, 1.165) is 15.6 Å². The minimum Gasteiger partial charge on any atom is -0.478 e. The summed E-state index contributed by atoms with van der Waals surface area (Å²) < 4.78 is 4.34. The van der Waals surface area contributed by atoms with Gasteiger partial charge in [-0.3, -0.25) is 13.9 Å². The van der Waals surface area contributed by atoms with Crippen LogP contribution in [-0.2, 0) is 20.1 Å². The predicted molar refractivity (Wildman–Crippen MR) is 112 cm³/mol. The summed E-state index contributed by atoms with van der Waals surface area (Å²) in [6, 6.07) is 5.67. The van der Waals surface area contributed by atoms with Gasteiger partial charge in [0.1, 0.15) is 10.5 Å². The molecule has 0 saturated heterocycles. The SMILES string of the molecule is CC(C)Cn1c(=O)n(C)c(=O)c2c(C(=O)O)c(Cn3ccc4cccnc43)sc21. The van der Waals surface area contributed by atoms with Gasteiger partial charge in [0.25, 0.3) is 5.56 Å². The van der Waals surface area contributed by atoms with Gasteiger partial charge < -0.3 is 9.67 Å². The van der Waals surface area contributed by atoms with Crippen LogP contribution >= 0.6 is 11.3 Å². The smallest absolute Gasteiger partial charge is 0.337 e. The maximum atomic E-state index is 12.8. The molecule has 0 unspecified atom stereocenters. The van der Waals surface area contributed by atoms with E-state index in [1.807, 2.05) is 42.8 Å². The first kappa shape index (κ1) is 19.1. The molecule has 0 saturated carbocycles. The normalized spacial score (nSPS) is 11.7. The molecule has 0 atom stereocenters. The second-order valence-corrected chi connectivity index (χ2v) is 8.48. The molecule has 0 amide bonds. The lowest BCUT2D eigenvalue weighted by atomic mass is 10.1. The zero-order valence-electron chi connectivity index (χ0n) is 16.2. The van der Waals surface area contributed by atoms with E-state index in [0.29, 0.717) is 16.3 Å². The Kier molecular flexibility index (Phi) is 4.62. The number of pyridine rings is 1. The van der Waals surface area contributed by atoms with E-state index in [9.17, 15) is 19.5 Å². The van der Waals surface area contributed by atoms with Crippen molar-refractivity contribution in [3.63, 3.8) is 0 Å². The number of rotatable bonds is 5. The molecule has 0 fully saturated rings. The molecule has 0 aromatic carbocycles. The number of thiophene rings is 1. The molecule has 1 N–H and O–H groups in total. The fraction of sp³-hybridized carbons (Fsp3) is 0.300. The van der Waals surface area contributed by atoms with Gasteiger partial charge in [0.05, 0.1) is 17.5 Å². The van der Waals surface area contributed by atoms with Gasteiger partial charge in [-0.15, -0.1) is 11.3 Å². The van der Waals surface area contributed by atoms with E-state index < -0.39 is 17.2 Å². The molecule has 9 heteroatoms. The second-order valence-electron chi connectivity index (χ2n) is 7.40. The zero-order valence-corrected chi connectivity index (χ0v) is 17.1. The van der Waals surface area contributed by atoms with Gasteiger partial charge in [-0.05, 0) is 24.1 Å². The lowest BCUT2D eigenvalue weighted by Gasteiger charge is -2.11. The highest BCUT2D eigenvalue weighted by Crippen LogP contribution is 2.30. The summed E-state index contributed by atoms with van der Waals surface area (Å²) in [6.07, 6.45) is 3.52. The highest BCUT2D eigenvalue weighted by Gasteiger charge is 2.25.